The molecule has 0 aliphatic rings. The first kappa shape index (κ1) is 23.4. The highest BCUT2D eigenvalue weighted by atomic mass is 31.2. The molecule has 0 aromatic carbocycles. The van der Waals surface area contributed by atoms with Crippen molar-refractivity contribution in [3.8, 4) is 0 Å². The molecule has 0 bridgehead atoms. The monoisotopic (exact) mass is 378 g/mol. The normalized spacial score (nSPS) is 14.2. The van der Waals surface area contributed by atoms with Crippen LogP contribution in [0.25, 0.3) is 0 Å². The van der Waals surface area contributed by atoms with Crippen LogP contribution < -0.4 is 0 Å². The summed E-state index contributed by atoms with van der Waals surface area (Å²) in [5.74, 6) is -1.37. The van der Waals surface area contributed by atoms with Crippen molar-refractivity contribution in [2.45, 2.75) is 52.8 Å². The Kier molecular flexibility index (Phi) is 10.1. The van der Waals surface area contributed by atoms with Gasteiger partial charge in [-0.1, -0.05) is 27.7 Å². The Morgan fingerprint density at radius 2 is 1.42 bits per heavy atom. The molecule has 0 radical (unpaired) electrons. The fourth-order valence-electron chi connectivity index (χ4n) is 1.37. The molecule has 0 aliphatic heterocycles. The van der Waals surface area contributed by atoms with Gasteiger partial charge in [0.05, 0.1) is 20.3 Å². The number of alkyl halides is 3. The van der Waals surface area contributed by atoms with Gasteiger partial charge in [-0.3, -0.25) is 13.6 Å². The Morgan fingerprint density at radius 3 is 1.71 bits per heavy atom. The van der Waals surface area contributed by atoms with Gasteiger partial charge in [0, 0.05) is 0 Å². The average Bonchev–Trinajstić information content (AvgIpc) is 2.42. The van der Waals surface area contributed by atoms with Crippen molar-refractivity contribution in [2.75, 3.05) is 20.3 Å². The lowest BCUT2D eigenvalue weighted by molar-refractivity contribution is -0.213. The van der Waals surface area contributed by atoms with Crippen LogP contribution in [0.3, 0.4) is 0 Å². The SMILES string of the molecule is COC(=O)C(OP(=O)(OCCC(C)C)OCCC(C)C)C(F)(F)F. The largest absolute Gasteiger partial charge is 0.475 e. The number of rotatable bonds is 11. The van der Waals surface area contributed by atoms with Gasteiger partial charge in [0.2, 0.25) is 0 Å². The summed E-state index contributed by atoms with van der Waals surface area (Å²) >= 11 is 0. The zero-order valence-corrected chi connectivity index (χ0v) is 15.5. The van der Waals surface area contributed by atoms with E-state index >= 15 is 0 Å². The molecule has 10 heteroatoms. The van der Waals surface area contributed by atoms with E-state index in [9.17, 15) is 22.5 Å². The second-order valence-corrected chi connectivity index (χ2v) is 7.65. The molecule has 0 aliphatic carbocycles. The second-order valence-electron chi connectivity index (χ2n) is 6.03. The Morgan fingerprint density at radius 1 is 1.00 bits per heavy atom. The maximum absolute atomic E-state index is 12.9. The summed E-state index contributed by atoms with van der Waals surface area (Å²) in [4.78, 5) is 11.3. The summed E-state index contributed by atoms with van der Waals surface area (Å²) < 4.78 is 69.6. The first-order chi connectivity index (χ1) is 10.9. The van der Waals surface area contributed by atoms with E-state index in [0.29, 0.717) is 12.8 Å². The third kappa shape index (κ3) is 9.61. The highest BCUT2D eigenvalue weighted by Gasteiger charge is 2.52. The number of carbonyl (C=O) groups is 1. The number of halogens is 3. The number of esters is 1. The first-order valence-electron chi connectivity index (χ1n) is 7.63. The standard InChI is InChI=1S/C14H26F3O6P/c1-10(2)6-8-21-24(19,22-9-7-11(3)4)23-12(13(18)20-5)14(15,16)17/h10-12H,6-9H2,1-5H3. The van der Waals surface area contributed by atoms with E-state index in [-0.39, 0.29) is 25.0 Å². The zero-order chi connectivity index (χ0) is 19.0. The van der Waals surface area contributed by atoms with Crippen molar-refractivity contribution in [1.29, 1.82) is 0 Å². The van der Waals surface area contributed by atoms with Gasteiger partial charge in [-0.05, 0) is 24.7 Å². The molecular formula is C14H26F3O6P. The van der Waals surface area contributed by atoms with Gasteiger partial charge in [-0.2, -0.15) is 13.2 Å². The first-order valence-corrected chi connectivity index (χ1v) is 9.09. The lowest BCUT2D eigenvalue weighted by Crippen LogP contribution is -2.39. The van der Waals surface area contributed by atoms with E-state index in [2.05, 4.69) is 9.26 Å². The molecule has 0 amide bonds. The number of methoxy groups -OCH3 is 1. The topological polar surface area (TPSA) is 71.1 Å². The van der Waals surface area contributed by atoms with E-state index in [1.165, 1.54) is 0 Å². The van der Waals surface area contributed by atoms with Gasteiger partial charge in [0.1, 0.15) is 0 Å². The minimum absolute atomic E-state index is 0.123. The smallest absolute Gasteiger partial charge is 0.467 e. The zero-order valence-electron chi connectivity index (χ0n) is 14.6. The summed E-state index contributed by atoms with van der Waals surface area (Å²) in [5, 5.41) is 0. The van der Waals surface area contributed by atoms with E-state index in [1.54, 1.807) is 0 Å². The van der Waals surface area contributed by atoms with Gasteiger partial charge in [-0.15, -0.1) is 0 Å². The molecule has 0 heterocycles. The van der Waals surface area contributed by atoms with Crippen molar-refractivity contribution >= 4 is 13.8 Å². The summed E-state index contributed by atoms with van der Waals surface area (Å²) in [6, 6.07) is 0. The summed E-state index contributed by atoms with van der Waals surface area (Å²) in [6.07, 6.45) is -7.26. The number of carbonyl (C=O) groups excluding carboxylic acids is 1. The van der Waals surface area contributed by atoms with Crippen molar-refractivity contribution < 1.29 is 40.8 Å². The maximum Gasteiger partial charge on any atom is 0.475 e. The predicted molar refractivity (Wildman–Crippen MR) is 81.4 cm³/mol. The molecule has 0 saturated heterocycles. The van der Waals surface area contributed by atoms with Crippen LogP contribution in [0.1, 0.15) is 40.5 Å². The average molecular weight is 378 g/mol. The number of hydrogen-bond donors (Lipinski definition) is 0. The molecule has 1 atom stereocenters. The summed E-state index contributed by atoms with van der Waals surface area (Å²) in [6.45, 7) is 7.21. The fourth-order valence-corrected chi connectivity index (χ4v) is 2.69. The number of phosphoric ester groups is 1. The molecule has 24 heavy (non-hydrogen) atoms. The number of hydrogen-bond acceptors (Lipinski definition) is 6. The molecule has 0 saturated carbocycles. The van der Waals surface area contributed by atoms with Crippen LogP contribution in [0.2, 0.25) is 0 Å². The lowest BCUT2D eigenvalue weighted by atomic mass is 10.2. The van der Waals surface area contributed by atoms with Crippen LogP contribution in [0.15, 0.2) is 0 Å². The van der Waals surface area contributed by atoms with E-state index in [4.69, 9.17) is 9.05 Å². The summed E-state index contributed by atoms with van der Waals surface area (Å²) in [7, 11) is -3.80. The van der Waals surface area contributed by atoms with Gasteiger partial charge < -0.3 is 4.74 Å². The molecule has 144 valence electrons. The van der Waals surface area contributed by atoms with Gasteiger partial charge >= 0.3 is 20.0 Å². The Balaban J connectivity index is 5.11. The number of ether oxygens (including phenoxy) is 1. The molecule has 6 nitrogen and oxygen atoms in total. The molecule has 0 aromatic rings. The van der Waals surface area contributed by atoms with Crippen LogP contribution in [0.4, 0.5) is 13.2 Å². The van der Waals surface area contributed by atoms with Crippen LogP contribution in [-0.4, -0.2) is 38.6 Å². The molecule has 0 rings (SSSR count). The Bertz CT molecular complexity index is 407. The third-order valence-corrected chi connectivity index (χ3v) is 4.30. The summed E-state index contributed by atoms with van der Waals surface area (Å²) in [5.41, 5.74) is 0. The van der Waals surface area contributed by atoms with Crippen molar-refractivity contribution in [3.63, 3.8) is 0 Å². The maximum atomic E-state index is 12.9. The Hall–Kier alpha value is -0.630. The van der Waals surface area contributed by atoms with Crippen molar-refractivity contribution in [1.82, 2.24) is 0 Å². The minimum Gasteiger partial charge on any atom is -0.467 e. The Labute approximate surface area is 140 Å². The molecule has 0 fully saturated rings. The van der Waals surface area contributed by atoms with Crippen LogP contribution in [0, 0.1) is 11.8 Å². The lowest BCUT2D eigenvalue weighted by Gasteiger charge is -2.24. The third-order valence-electron chi connectivity index (χ3n) is 2.84. The van der Waals surface area contributed by atoms with E-state index < -0.39 is 26.1 Å². The highest BCUT2D eigenvalue weighted by molar-refractivity contribution is 7.48. The van der Waals surface area contributed by atoms with Gasteiger partial charge in [0.25, 0.3) is 6.10 Å². The second kappa shape index (κ2) is 10.4. The molecule has 0 aromatic heterocycles. The van der Waals surface area contributed by atoms with Crippen molar-refractivity contribution in [3.05, 3.63) is 0 Å². The van der Waals surface area contributed by atoms with Crippen LogP contribution >= 0.6 is 7.82 Å². The van der Waals surface area contributed by atoms with Gasteiger partial charge in [-0.25, -0.2) is 9.36 Å². The molecule has 0 N–H and O–H groups in total. The predicted octanol–water partition coefficient (Wildman–Crippen LogP) is 4.34. The number of phosphoric acid groups is 1. The highest BCUT2D eigenvalue weighted by Crippen LogP contribution is 2.53. The van der Waals surface area contributed by atoms with Crippen LogP contribution in [0.5, 0.6) is 0 Å². The van der Waals surface area contributed by atoms with Crippen LogP contribution in [-0.2, 0) is 27.7 Å². The molecule has 0 spiro atoms. The molecular weight excluding hydrogens is 352 g/mol. The van der Waals surface area contributed by atoms with E-state index in [0.717, 1.165) is 7.11 Å². The fraction of sp³-hybridized carbons (Fsp3) is 0.929. The van der Waals surface area contributed by atoms with E-state index in [1.807, 2.05) is 27.7 Å². The minimum atomic E-state index is -5.11. The quantitative estimate of drug-likeness (QED) is 0.393. The van der Waals surface area contributed by atoms with Crippen molar-refractivity contribution in [2.24, 2.45) is 11.8 Å². The van der Waals surface area contributed by atoms with Gasteiger partial charge in [0.15, 0.2) is 0 Å². The molecule has 1 unspecified atom stereocenters.